The van der Waals surface area contributed by atoms with Crippen LogP contribution in [0.1, 0.15) is 23.4 Å². The smallest absolute Gasteiger partial charge is 0.231 e. The Morgan fingerprint density at radius 1 is 1.17 bits per heavy atom. The Morgan fingerprint density at radius 2 is 2.00 bits per heavy atom. The van der Waals surface area contributed by atoms with Crippen LogP contribution in [0.4, 0.5) is 0 Å². The molecule has 1 aromatic heterocycles. The van der Waals surface area contributed by atoms with Gasteiger partial charge in [-0.1, -0.05) is 12.1 Å². The number of hydrogen-bond acceptors (Lipinski definition) is 6. The number of fused-ring (bicyclic) bond motifs is 1. The van der Waals surface area contributed by atoms with Gasteiger partial charge in [0.25, 0.3) is 0 Å². The lowest BCUT2D eigenvalue weighted by molar-refractivity contribution is 0.0177. The van der Waals surface area contributed by atoms with Crippen molar-refractivity contribution in [3.63, 3.8) is 0 Å². The lowest BCUT2D eigenvalue weighted by Gasteiger charge is -2.34. The number of thiophene rings is 1. The fraction of sp³-hybridized carbons (Fsp3) is 0.476. The Labute approximate surface area is 198 Å². The maximum Gasteiger partial charge on any atom is 0.231 e. The lowest BCUT2D eigenvalue weighted by Crippen LogP contribution is -2.46. The Bertz CT molecular complexity index is 813. The summed E-state index contributed by atoms with van der Waals surface area (Å²) in [7, 11) is 0. The molecular formula is C21H29IN4O3S. The second kappa shape index (κ2) is 11.7. The summed E-state index contributed by atoms with van der Waals surface area (Å²) < 4.78 is 16.4. The summed E-state index contributed by atoms with van der Waals surface area (Å²) in [4.78, 5) is 8.62. The third-order valence-electron chi connectivity index (χ3n) is 5.02. The zero-order chi connectivity index (χ0) is 19.9. The van der Waals surface area contributed by atoms with E-state index in [4.69, 9.17) is 19.2 Å². The van der Waals surface area contributed by atoms with Gasteiger partial charge in [0.15, 0.2) is 17.5 Å². The summed E-state index contributed by atoms with van der Waals surface area (Å²) in [6.07, 6.45) is 0. The van der Waals surface area contributed by atoms with Crippen molar-refractivity contribution in [2.75, 3.05) is 46.2 Å². The first-order chi connectivity index (χ1) is 14.3. The van der Waals surface area contributed by atoms with Crippen molar-refractivity contribution in [2.24, 2.45) is 4.99 Å². The van der Waals surface area contributed by atoms with Crippen LogP contribution in [0.2, 0.25) is 0 Å². The molecule has 7 nitrogen and oxygen atoms in total. The highest BCUT2D eigenvalue weighted by molar-refractivity contribution is 14.0. The third-order valence-corrected chi connectivity index (χ3v) is 6.00. The van der Waals surface area contributed by atoms with Crippen LogP contribution in [0.25, 0.3) is 0 Å². The summed E-state index contributed by atoms with van der Waals surface area (Å²) in [5, 5.41) is 9.03. The first-order valence-electron chi connectivity index (χ1n) is 10.1. The van der Waals surface area contributed by atoms with Crippen LogP contribution >= 0.6 is 35.3 Å². The molecule has 0 spiro atoms. The highest BCUT2D eigenvalue weighted by atomic mass is 127. The van der Waals surface area contributed by atoms with Gasteiger partial charge < -0.3 is 24.8 Å². The second-order valence-corrected chi connectivity index (χ2v) is 7.92. The normalized spacial score (nSPS) is 17.3. The van der Waals surface area contributed by atoms with Crippen LogP contribution in [-0.4, -0.2) is 57.0 Å². The van der Waals surface area contributed by atoms with Crippen LogP contribution in [0.5, 0.6) is 11.5 Å². The van der Waals surface area contributed by atoms with Gasteiger partial charge in [-0.25, -0.2) is 4.99 Å². The van der Waals surface area contributed by atoms with Crippen LogP contribution in [0, 0.1) is 0 Å². The molecule has 1 fully saturated rings. The van der Waals surface area contributed by atoms with Crippen molar-refractivity contribution < 1.29 is 14.2 Å². The number of benzene rings is 1. The highest BCUT2D eigenvalue weighted by Gasteiger charge is 2.23. The zero-order valence-corrected chi connectivity index (χ0v) is 20.3. The number of morpholine rings is 1. The molecular weight excluding hydrogens is 515 g/mol. The molecule has 9 heteroatoms. The Hall–Kier alpha value is -1.56. The van der Waals surface area contributed by atoms with Gasteiger partial charge in [0, 0.05) is 31.1 Å². The summed E-state index contributed by atoms with van der Waals surface area (Å²) in [6, 6.07) is 10.6. The van der Waals surface area contributed by atoms with E-state index < -0.39 is 0 Å². The molecule has 0 radical (unpaired) electrons. The summed E-state index contributed by atoms with van der Waals surface area (Å²) >= 11 is 1.80. The molecule has 164 valence electrons. The maximum absolute atomic E-state index is 5.54. The molecule has 0 aliphatic carbocycles. The van der Waals surface area contributed by atoms with Gasteiger partial charge in [0.2, 0.25) is 6.79 Å². The minimum absolute atomic E-state index is 0. The monoisotopic (exact) mass is 544 g/mol. The third kappa shape index (κ3) is 5.99. The van der Waals surface area contributed by atoms with Gasteiger partial charge in [-0.3, -0.25) is 4.90 Å². The number of nitrogens with one attached hydrogen (secondary N) is 2. The van der Waals surface area contributed by atoms with Crippen molar-refractivity contribution in [3.05, 3.63) is 46.2 Å². The molecule has 30 heavy (non-hydrogen) atoms. The van der Waals surface area contributed by atoms with E-state index in [0.717, 1.165) is 62.4 Å². The number of ether oxygens (including phenoxy) is 3. The Balaban J connectivity index is 0.00000256. The largest absolute Gasteiger partial charge is 0.454 e. The number of nitrogens with zero attached hydrogens (tertiary/aromatic N) is 2. The highest BCUT2D eigenvalue weighted by Crippen LogP contribution is 2.32. The van der Waals surface area contributed by atoms with E-state index >= 15 is 0 Å². The van der Waals surface area contributed by atoms with Gasteiger partial charge in [-0.2, -0.15) is 0 Å². The summed E-state index contributed by atoms with van der Waals surface area (Å²) in [5.41, 5.74) is 1.09. The molecule has 0 bridgehead atoms. The molecule has 4 rings (SSSR count). The molecule has 2 aliphatic rings. The molecule has 0 saturated carbocycles. The fourth-order valence-corrected chi connectivity index (χ4v) is 4.39. The zero-order valence-electron chi connectivity index (χ0n) is 17.1. The molecule has 2 aliphatic heterocycles. The van der Waals surface area contributed by atoms with Crippen molar-refractivity contribution in [2.45, 2.75) is 19.5 Å². The average molecular weight is 544 g/mol. The second-order valence-electron chi connectivity index (χ2n) is 6.94. The molecule has 0 amide bonds. The Morgan fingerprint density at radius 3 is 2.77 bits per heavy atom. The number of halogens is 1. The van der Waals surface area contributed by atoms with Gasteiger partial charge in [0.05, 0.1) is 25.8 Å². The molecule has 2 N–H and O–H groups in total. The predicted molar refractivity (Wildman–Crippen MR) is 130 cm³/mol. The first-order valence-corrected chi connectivity index (χ1v) is 11.0. The minimum Gasteiger partial charge on any atom is -0.454 e. The van der Waals surface area contributed by atoms with E-state index in [2.05, 4.69) is 40.0 Å². The van der Waals surface area contributed by atoms with Crippen LogP contribution in [0.15, 0.2) is 40.7 Å². The quantitative estimate of drug-likeness (QED) is 0.317. The average Bonchev–Trinajstić information content (AvgIpc) is 3.44. The minimum atomic E-state index is 0. The van der Waals surface area contributed by atoms with E-state index in [0.29, 0.717) is 12.6 Å². The SMILES string of the molecule is CCNC(=NCc1ccc2c(c1)OCO2)NCC(c1cccs1)N1CCOCC1.I. The molecule has 1 unspecified atom stereocenters. The number of aliphatic imine (C=N–C) groups is 1. The van der Waals surface area contributed by atoms with Crippen molar-refractivity contribution >= 4 is 41.3 Å². The van der Waals surface area contributed by atoms with E-state index in [9.17, 15) is 0 Å². The topological polar surface area (TPSA) is 67.4 Å². The van der Waals surface area contributed by atoms with Crippen molar-refractivity contribution in [3.8, 4) is 11.5 Å². The van der Waals surface area contributed by atoms with Crippen LogP contribution in [0.3, 0.4) is 0 Å². The maximum atomic E-state index is 5.54. The van der Waals surface area contributed by atoms with Gasteiger partial charge >= 0.3 is 0 Å². The van der Waals surface area contributed by atoms with Crippen LogP contribution in [-0.2, 0) is 11.3 Å². The molecule has 2 aromatic rings. The molecule has 1 atom stereocenters. The predicted octanol–water partition coefficient (Wildman–Crippen LogP) is 3.22. The van der Waals surface area contributed by atoms with Crippen molar-refractivity contribution in [1.29, 1.82) is 0 Å². The molecule has 1 aromatic carbocycles. The molecule has 1 saturated heterocycles. The number of rotatable bonds is 7. The van der Waals surface area contributed by atoms with E-state index in [-0.39, 0.29) is 30.8 Å². The number of guanidine groups is 1. The van der Waals surface area contributed by atoms with Gasteiger partial charge in [-0.05, 0) is 36.1 Å². The number of hydrogen-bond donors (Lipinski definition) is 2. The van der Waals surface area contributed by atoms with Crippen molar-refractivity contribution in [1.82, 2.24) is 15.5 Å². The van der Waals surface area contributed by atoms with Gasteiger partial charge in [-0.15, -0.1) is 35.3 Å². The van der Waals surface area contributed by atoms with Crippen LogP contribution < -0.4 is 20.1 Å². The fourth-order valence-electron chi connectivity index (χ4n) is 3.52. The van der Waals surface area contributed by atoms with E-state index in [1.165, 1.54) is 4.88 Å². The summed E-state index contributed by atoms with van der Waals surface area (Å²) in [5.74, 6) is 2.41. The Kier molecular flexibility index (Phi) is 9.04. The standard InChI is InChI=1S/C21H28N4O3S.HI/c1-2-22-21(23-13-16-5-6-18-19(12-16)28-15-27-18)24-14-17(20-4-3-11-29-20)25-7-9-26-10-8-25;/h3-6,11-12,17H,2,7-10,13-15H2,1H3,(H2,22,23,24);1H. The molecule has 3 heterocycles. The van der Waals surface area contributed by atoms with E-state index in [1.807, 2.05) is 18.2 Å². The van der Waals surface area contributed by atoms with Gasteiger partial charge in [0.1, 0.15) is 0 Å². The summed E-state index contributed by atoms with van der Waals surface area (Å²) in [6.45, 7) is 8.05. The first kappa shape index (κ1) is 23.1. The lowest BCUT2D eigenvalue weighted by atomic mass is 10.2. The van der Waals surface area contributed by atoms with E-state index in [1.54, 1.807) is 11.3 Å².